The van der Waals surface area contributed by atoms with Crippen molar-refractivity contribution in [3.05, 3.63) is 58.5 Å². The van der Waals surface area contributed by atoms with E-state index in [0.717, 1.165) is 42.4 Å². The average molecular weight is 474 g/mol. The molecule has 6 nitrogen and oxygen atoms in total. The number of H-pyrrole nitrogens is 1. The third-order valence-corrected chi connectivity index (χ3v) is 7.71. The highest BCUT2D eigenvalue weighted by Gasteiger charge is 2.42. The number of thioether (sulfide) groups is 1. The van der Waals surface area contributed by atoms with Crippen molar-refractivity contribution < 1.29 is 18.0 Å². The molecule has 1 aliphatic carbocycles. The van der Waals surface area contributed by atoms with Crippen LogP contribution in [0.1, 0.15) is 49.8 Å². The van der Waals surface area contributed by atoms with E-state index in [2.05, 4.69) is 15.0 Å². The smallest absolute Gasteiger partial charge is 0.367 e. The molecule has 1 aliphatic heterocycles. The number of halogens is 3. The molecule has 2 aliphatic rings. The lowest BCUT2D eigenvalue weighted by Gasteiger charge is -2.35. The summed E-state index contributed by atoms with van der Waals surface area (Å²) in [6.07, 6.45) is 1.94. The Labute approximate surface area is 192 Å². The second-order valence-electron chi connectivity index (χ2n) is 8.29. The SMILES string of the molecule is CC(c1ccc(-c2ncnc3[nH]ccc23)cc1C(F)(F)F)N1C2=C(CCCC2)SC1C(N)=O. The van der Waals surface area contributed by atoms with E-state index >= 15 is 0 Å². The van der Waals surface area contributed by atoms with Gasteiger partial charge in [-0.15, -0.1) is 0 Å². The minimum absolute atomic E-state index is 0.108. The molecule has 3 N–H and O–H groups in total. The minimum atomic E-state index is -4.58. The molecule has 172 valence electrons. The van der Waals surface area contributed by atoms with Gasteiger partial charge in [0.25, 0.3) is 5.91 Å². The van der Waals surface area contributed by atoms with Gasteiger partial charge in [-0.3, -0.25) is 4.79 Å². The number of fused-ring (bicyclic) bond motifs is 1. The summed E-state index contributed by atoms with van der Waals surface area (Å²) < 4.78 is 42.8. The Hall–Kier alpha value is -3.01. The fourth-order valence-electron chi connectivity index (χ4n) is 4.79. The van der Waals surface area contributed by atoms with Crippen LogP contribution in [0, 0.1) is 0 Å². The number of aromatic amines is 1. The van der Waals surface area contributed by atoms with Crippen molar-refractivity contribution >= 4 is 28.7 Å². The summed E-state index contributed by atoms with van der Waals surface area (Å²) in [6, 6.07) is 5.34. The van der Waals surface area contributed by atoms with Crippen LogP contribution in [0.3, 0.4) is 0 Å². The predicted octanol–water partition coefficient (Wildman–Crippen LogP) is 5.35. The van der Waals surface area contributed by atoms with Crippen LogP contribution in [-0.2, 0) is 11.0 Å². The van der Waals surface area contributed by atoms with Crippen molar-refractivity contribution in [3.8, 4) is 11.3 Å². The monoisotopic (exact) mass is 473 g/mol. The largest absolute Gasteiger partial charge is 0.416 e. The second-order valence-corrected chi connectivity index (χ2v) is 9.47. The van der Waals surface area contributed by atoms with Crippen molar-refractivity contribution in [1.29, 1.82) is 0 Å². The van der Waals surface area contributed by atoms with E-state index in [0.29, 0.717) is 22.3 Å². The van der Waals surface area contributed by atoms with E-state index in [4.69, 9.17) is 5.73 Å². The van der Waals surface area contributed by atoms with Gasteiger partial charge in [0.2, 0.25) is 0 Å². The highest BCUT2D eigenvalue weighted by Crippen LogP contribution is 2.50. The summed E-state index contributed by atoms with van der Waals surface area (Å²) in [5.41, 5.74) is 7.31. The molecule has 1 amide bonds. The van der Waals surface area contributed by atoms with Crippen molar-refractivity contribution in [2.75, 3.05) is 0 Å². The summed E-state index contributed by atoms with van der Waals surface area (Å²) in [6.45, 7) is 1.71. The summed E-state index contributed by atoms with van der Waals surface area (Å²) in [4.78, 5) is 26.4. The first-order chi connectivity index (χ1) is 15.8. The number of nitrogens with two attached hydrogens (primary N) is 1. The van der Waals surface area contributed by atoms with E-state index in [1.807, 2.05) is 0 Å². The molecule has 10 heteroatoms. The van der Waals surface area contributed by atoms with E-state index < -0.39 is 29.1 Å². The molecule has 0 fully saturated rings. The number of nitrogens with zero attached hydrogens (tertiary/aromatic N) is 3. The van der Waals surface area contributed by atoms with Gasteiger partial charge in [-0.2, -0.15) is 13.2 Å². The Morgan fingerprint density at radius 2 is 2.03 bits per heavy atom. The molecular weight excluding hydrogens is 451 g/mol. The Kier molecular flexibility index (Phi) is 5.35. The molecule has 2 aromatic heterocycles. The summed E-state index contributed by atoms with van der Waals surface area (Å²) >= 11 is 1.38. The first-order valence-electron chi connectivity index (χ1n) is 10.7. The first kappa shape index (κ1) is 21.8. The van der Waals surface area contributed by atoms with Crippen molar-refractivity contribution in [2.45, 2.75) is 50.2 Å². The van der Waals surface area contributed by atoms with Gasteiger partial charge in [0.05, 0.1) is 17.3 Å². The van der Waals surface area contributed by atoms with Crippen LogP contribution in [-0.4, -0.2) is 31.1 Å². The fraction of sp³-hybridized carbons (Fsp3) is 0.348. The number of hydrogen-bond donors (Lipinski definition) is 2. The number of alkyl halides is 3. The number of amides is 1. The number of hydrogen-bond acceptors (Lipinski definition) is 5. The number of nitrogens with one attached hydrogen (secondary N) is 1. The molecule has 3 heterocycles. The number of carbonyl (C=O) groups excluding carboxylic acids is 1. The standard InChI is InChI=1S/C23H22F3N5OS/c1-12(31-17-4-2-3-5-18(17)33-22(31)20(27)32)14-7-6-13(10-16(14)23(24,25)26)19-15-8-9-28-21(15)30-11-29-19/h6-12,22H,2-5H2,1H3,(H2,27,32)(H,28,29,30). The second kappa shape index (κ2) is 8.09. The molecule has 0 saturated heterocycles. The molecule has 2 atom stereocenters. The quantitative estimate of drug-likeness (QED) is 0.533. The van der Waals surface area contributed by atoms with Gasteiger partial charge in [0.1, 0.15) is 12.0 Å². The molecular formula is C23H22F3N5OS. The molecule has 0 saturated carbocycles. The number of carbonyl (C=O) groups is 1. The van der Waals surface area contributed by atoms with Gasteiger partial charge in [-0.25, -0.2) is 9.97 Å². The van der Waals surface area contributed by atoms with Crippen molar-refractivity contribution in [1.82, 2.24) is 19.9 Å². The zero-order chi connectivity index (χ0) is 23.3. The fourth-order valence-corrected chi connectivity index (χ4v) is 6.21. The van der Waals surface area contributed by atoms with Gasteiger partial charge in [0, 0.05) is 27.7 Å². The van der Waals surface area contributed by atoms with Gasteiger partial charge in [-0.1, -0.05) is 23.9 Å². The van der Waals surface area contributed by atoms with Gasteiger partial charge >= 0.3 is 6.18 Å². The topological polar surface area (TPSA) is 87.9 Å². The van der Waals surface area contributed by atoms with Crippen LogP contribution in [0.5, 0.6) is 0 Å². The zero-order valence-corrected chi connectivity index (χ0v) is 18.6. The molecule has 5 rings (SSSR count). The third kappa shape index (κ3) is 3.76. The Balaban J connectivity index is 1.61. The number of aromatic nitrogens is 3. The van der Waals surface area contributed by atoms with Crippen LogP contribution >= 0.6 is 11.8 Å². The predicted molar refractivity (Wildman–Crippen MR) is 121 cm³/mol. The van der Waals surface area contributed by atoms with Crippen molar-refractivity contribution in [3.63, 3.8) is 0 Å². The lowest BCUT2D eigenvalue weighted by molar-refractivity contribution is -0.138. The maximum absolute atomic E-state index is 14.3. The van der Waals surface area contributed by atoms with Crippen LogP contribution in [0.4, 0.5) is 13.2 Å². The zero-order valence-electron chi connectivity index (χ0n) is 17.8. The van der Waals surface area contributed by atoms with E-state index in [-0.39, 0.29) is 5.56 Å². The van der Waals surface area contributed by atoms with Crippen LogP contribution in [0.15, 0.2) is 47.4 Å². The van der Waals surface area contributed by atoms with Crippen LogP contribution in [0.2, 0.25) is 0 Å². The number of allylic oxidation sites excluding steroid dienone is 2. The minimum Gasteiger partial charge on any atom is -0.367 e. The lowest BCUT2D eigenvalue weighted by Crippen LogP contribution is -2.41. The maximum Gasteiger partial charge on any atom is 0.416 e. The highest BCUT2D eigenvalue weighted by molar-refractivity contribution is 8.04. The Bertz CT molecular complexity index is 1270. The molecule has 3 aromatic rings. The molecule has 1 aromatic carbocycles. The van der Waals surface area contributed by atoms with Gasteiger partial charge in [-0.05, 0) is 50.3 Å². The maximum atomic E-state index is 14.3. The van der Waals surface area contributed by atoms with E-state index in [9.17, 15) is 18.0 Å². The Morgan fingerprint density at radius 1 is 1.24 bits per heavy atom. The lowest BCUT2D eigenvalue weighted by atomic mass is 9.94. The molecule has 0 bridgehead atoms. The van der Waals surface area contributed by atoms with Crippen molar-refractivity contribution in [2.24, 2.45) is 5.73 Å². The summed E-state index contributed by atoms with van der Waals surface area (Å²) in [5, 5.41) is -0.0571. The Morgan fingerprint density at radius 3 is 2.79 bits per heavy atom. The number of primary amides is 1. The number of benzene rings is 1. The van der Waals surface area contributed by atoms with Crippen LogP contribution < -0.4 is 5.73 Å². The normalized spacial score (nSPS) is 19.8. The van der Waals surface area contributed by atoms with E-state index in [1.165, 1.54) is 24.2 Å². The summed E-state index contributed by atoms with van der Waals surface area (Å²) in [5.74, 6) is -0.540. The number of rotatable bonds is 4. The third-order valence-electron chi connectivity index (χ3n) is 6.30. The van der Waals surface area contributed by atoms with Crippen LogP contribution in [0.25, 0.3) is 22.3 Å². The average Bonchev–Trinajstić information content (AvgIpc) is 3.42. The molecule has 0 spiro atoms. The first-order valence-corrected chi connectivity index (χ1v) is 11.6. The highest BCUT2D eigenvalue weighted by atomic mass is 32.2. The molecule has 0 radical (unpaired) electrons. The van der Waals surface area contributed by atoms with E-state index in [1.54, 1.807) is 30.2 Å². The molecule has 2 unspecified atom stereocenters. The molecule has 33 heavy (non-hydrogen) atoms. The van der Waals surface area contributed by atoms with Gasteiger partial charge < -0.3 is 15.6 Å². The summed E-state index contributed by atoms with van der Waals surface area (Å²) in [7, 11) is 0. The van der Waals surface area contributed by atoms with Gasteiger partial charge in [0.15, 0.2) is 5.37 Å².